The fraction of sp³-hybridized carbons (Fsp3) is 0.519. The first-order valence-corrected chi connectivity index (χ1v) is 11.9. The van der Waals surface area contributed by atoms with E-state index in [1.54, 1.807) is 6.07 Å². The van der Waals surface area contributed by atoms with E-state index in [-0.39, 0.29) is 5.56 Å². The largest absolute Gasteiger partial charge is 0.423 e. The van der Waals surface area contributed by atoms with Crippen molar-refractivity contribution >= 4 is 5.97 Å². The van der Waals surface area contributed by atoms with E-state index in [2.05, 4.69) is 13.8 Å². The van der Waals surface area contributed by atoms with Crippen LogP contribution in [0.3, 0.4) is 0 Å². The predicted molar refractivity (Wildman–Crippen MR) is 120 cm³/mol. The van der Waals surface area contributed by atoms with Gasteiger partial charge in [-0.1, -0.05) is 58.4 Å². The van der Waals surface area contributed by atoms with E-state index in [9.17, 15) is 22.4 Å². The molecule has 1 fully saturated rings. The number of rotatable bonds is 9. The van der Waals surface area contributed by atoms with E-state index in [1.807, 2.05) is 0 Å². The minimum Gasteiger partial charge on any atom is -0.423 e. The van der Waals surface area contributed by atoms with Gasteiger partial charge in [-0.15, -0.1) is 0 Å². The maximum Gasteiger partial charge on any atom is 0.346 e. The molecule has 3 rings (SSSR count). The Morgan fingerprint density at radius 2 is 1.64 bits per heavy atom. The number of benzene rings is 2. The van der Waals surface area contributed by atoms with Crippen molar-refractivity contribution in [3.63, 3.8) is 0 Å². The maximum absolute atomic E-state index is 14.6. The number of carbonyl (C=O) groups is 1. The molecule has 180 valence electrons. The average molecular weight is 465 g/mol. The Kier molecular flexibility index (Phi) is 8.93. The molecule has 1 saturated carbocycles. The Balaban J connectivity index is 1.55. The quantitative estimate of drug-likeness (QED) is 0.123. The van der Waals surface area contributed by atoms with Crippen LogP contribution in [0.1, 0.15) is 81.1 Å². The zero-order valence-electron chi connectivity index (χ0n) is 19.3. The van der Waals surface area contributed by atoms with Gasteiger partial charge in [0.1, 0.15) is 11.6 Å². The molecular weight excluding hydrogens is 432 g/mol. The summed E-state index contributed by atoms with van der Waals surface area (Å²) in [5, 5.41) is 0. The lowest BCUT2D eigenvalue weighted by molar-refractivity contribution is 0.0728. The summed E-state index contributed by atoms with van der Waals surface area (Å²) < 4.78 is 59.1. The van der Waals surface area contributed by atoms with Crippen LogP contribution in [0, 0.1) is 41.0 Å². The number of hydrogen-bond donors (Lipinski definition) is 0. The second-order valence-electron chi connectivity index (χ2n) is 9.36. The molecule has 0 radical (unpaired) electrons. The number of halogens is 4. The summed E-state index contributed by atoms with van der Waals surface area (Å²) in [6.45, 7) is 4.42. The summed E-state index contributed by atoms with van der Waals surface area (Å²) >= 11 is 0. The van der Waals surface area contributed by atoms with Crippen molar-refractivity contribution in [1.29, 1.82) is 0 Å². The smallest absolute Gasteiger partial charge is 0.346 e. The fourth-order valence-electron chi connectivity index (χ4n) is 4.87. The second kappa shape index (κ2) is 11.7. The highest BCUT2D eigenvalue weighted by molar-refractivity contribution is 5.91. The molecule has 0 aromatic heterocycles. The lowest BCUT2D eigenvalue weighted by Crippen LogP contribution is -2.21. The summed E-state index contributed by atoms with van der Waals surface area (Å²) in [7, 11) is 0. The van der Waals surface area contributed by atoms with Gasteiger partial charge in [-0.05, 0) is 54.7 Å². The maximum atomic E-state index is 14.6. The van der Waals surface area contributed by atoms with E-state index >= 15 is 0 Å². The van der Waals surface area contributed by atoms with Crippen LogP contribution in [0.4, 0.5) is 17.6 Å². The number of ether oxygens (including phenoxy) is 1. The van der Waals surface area contributed by atoms with Crippen LogP contribution >= 0.6 is 0 Å². The molecule has 0 spiro atoms. The Hall–Kier alpha value is -2.37. The molecule has 1 unspecified atom stereocenters. The summed E-state index contributed by atoms with van der Waals surface area (Å²) in [4.78, 5) is 12.2. The number of esters is 1. The zero-order chi connectivity index (χ0) is 24.0. The first-order valence-electron chi connectivity index (χ1n) is 11.9. The topological polar surface area (TPSA) is 26.3 Å². The van der Waals surface area contributed by atoms with Crippen molar-refractivity contribution in [2.75, 3.05) is 0 Å². The zero-order valence-corrected chi connectivity index (χ0v) is 19.3. The van der Waals surface area contributed by atoms with Crippen molar-refractivity contribution in [1.82, 2.24) is 0 Å². The van der Waals surface area contributed by atoms with Crippen molar-refractivity contribution in [3.8, 4) is 5.75 Å². The lowest BCUT2D eigenvalue weighted by Gasteiger charge is -2.32. The van der Waals surface area contributed by atoms with Crippen molar-refractivity contribution in [2.24, 2.45) is 17.8 Å². The third kappa shape index (κ3) is 6.81. The van der Waals surface area contributed by atoms with E-state index in [0.29, 0.717) is 30.4 Å². The first-order chi connectivity index (χ1) is 15.8. The molecule has 2 aromatic rings. The molecule has 2 nitrogen and oxygen atoms in total. The first kappa shape index (κ1) is 25.3. The van der Waals surface area contributed by atoms with Gasteiger partial charge in [-0.3, -0.25) is 0 Å². The molecule has 0 bridgehead atoms. The molecule has 0 amide bonds. The summed E-state index contributed by atoms with van der Waals surface area (Å²) in [6, 6.07) is 5.40. The molecule has 2 aromatic carbocycles. The molecule has 1 atom stereocenters. The molecular formula is C27H32F4O2. The summed E-state index contributed by atoms with van der Waals surface area (Å²) in [5.74, 6) is -5.16. The Morgan fingerprint density at radius 1 is 0.970 bits per heavy atom. The number of carbonyl (C=O) groups excluding carboxylic acids is 1. The van der Waals surface area contributed by atoms with Gasteiger partial charge < -0.3 is 4.74 Å². The highest BCUT2D eigenvalue weighted by atomic mass is 19.2. The molecule has 1 aliphatic carbocycles. The highest BCUT2D eigenvalue weighted by Gasteiger charge is 2.25. The number of hydrogen-bond acceptors (Lipinski definition) is 2. The molecule has 0 heterocycles. The van der Waals surface area contributed by atoms with Crippen LogP contribution in [0.15, 0.2) is 30.3 Å². The van der Waals surface area contributed by atoms with Gasteiger partial charge in [0.2, 0.25) is 0 Å². The monoisotopic (exact) mass is 464 g/mol. The second-order valence-corrected chi connectivity index (χ2v) is 9.36. The van der Waals surface area contributed by atoms with Crippen LogP contribution in [0.5, 0.6) is 5.75 Å². The van der Waals surface area contributed by atoms with Crippen LogP contribution in [-0.4, -0.2) is 5.97 Å². The van der Waals surface area contributed by atoms with Gasteiger partial charge in [-0.25, -0.2) is 22.4 Å². The minimum absolute atomic E-state index is 0.343. The molecule has 0 saturated heterocycles. The van der Waals surface area contributed by atoms with Gasteiger partial charge in [0.25, 0.3) is 0 Å². The molecule has 0 N–H and O–H groups in total. The van der Waals surface area contributed by atoms with E-state index in [4.69, 9.17) is 4.74 Å². The SMILES string of the molecule is CCCCCC1CCC(C(C)Cc2ccc(C(=O)Oc3cc(F)c(F)c(F)c3)c(F)c2)CC1. The summed E-state index contributed by atoms with van der Waals surface area (Å²) in [6.07, 6.45) is 10.9. The van der Waals surface area contributed by atoms with Crippen LogP contribution in [0.25, 0.3) is 0 Å². The van der Waals surface area contributed by atoms with Crippen LogP contribution in [0.2, 0.25) is 0 Å². The lowest BCUT2D eigenvalue weighted by atomic mass is 9.73. The summed E-state index contributed by atoms with van der Waals surface area (Å²) in [5.41, 5.74) is 0.449. The Morgan fingerprint density at radius 3 is 2.24 bits per heavy atom. The third-order valence-electron chi connectivity index (χ3n) is 6.89. The third-order valence-corrected chi connectivity index (χ3v) is 6.89. The van der Waals surface area contributed by atoms with E-state index in [1.165, 1.54) is 63.5 Å². The van der Waals surface area contributed by atoms with Gasteiger partial charge in [0.05, 0.1) is 5.56 Å². The molecule has 1 aliphatic rings. The predicted octanol–water partition coefficient (Wildman–Crippen LogP) is 8.03. The van der Waals surface area contributed by atoms with Crippen LogP contribution < -0.4 is 4.74 Å². The highest BCUT2D eigenvalue weighted by Crippen LogP contribution is 2.37. The van der Waals surface area contributed by atoms with Crippen LogP contribution in [-0.2, 0) is 6.42 Å². The van der Waals surface area contributed by atoms with Crippen molar-refractivity contribution in [3.05, 3.63) is 64.7 Å². The van der Waals surface area contributed by atoms with E-state index < -0.39 is 35.0 Å². The number of unbranched alkanes of at least 4 members (excludes halogenated alkanes) is 2. The van der Waals surface area contributed by atoms with Gasteiger partial charge in [-0.2, -0.15) is 0 Å². The van der Waals surface area contributed by atoms with Gasteiger partial charge in [0, 0.05) is 12.1 Å². The standard InChI is InChI=1S/C27H32F4O2/c1-3-4-5-6-18-7-10-20(11-8-18)17(2)13-19-9-12-22(23(28)14-19)27(32)33-21-15-24(29)26(31)25(30)16-21/h9,12,14-18,20H,3-8,10-11,13H2,1-2H3. The van der Waals surface area contributed by atoms with Gasteiger partial charge >= 0.3 is 5.97 Å². The normalized spacial score (nSPS) is 19.3. The average Bonchev–Trinajstić information content (AvgIpc) is 2.78. The molecule has 6 heteroatoms. The molecule has 0 aliphatic heterocycles. The van der Waals surface area contributed by atoms with Crippen molar-refractivity contribution < 1.29 is 27.1 Å². The minimum atomic E-state index is -1.66. The molecule has 33 heavy (non-hydrogen) atoms. The Labute approximate surface area is 193 Å². The van der Waals surface area contributed by atoms with E-state index in [0.717, 1.165) is 11.5 Å². The van der Waals surface area contributed by atoms with Crippen molar-refractivity contribution in [2.45, 2.75) is 71.6 Å². The fourth-order valence-corrected chi connectivity index (χ4v) is 4.87. The van der Waals surface area contributed by atoms with Gasteiger partial charge in [0.15, 0.2) is 17.5 Å². The Bertz CT molecular complexity index is 928.